The van der Waals surface area contributed by atoms with Crippen molar-refractivity contribution in [1.29, 1.82) is 0 Å². The molecule has 1 aliphatic rings. The van der Waals surface area contributed by atoms with E-state index < -0.39 is 23.9 Å². The normalized spacial score (nSPS) is 15.5. The summed E-state index contributed by atoms with van der Waals surface area (Å²) >= 11 is 0. The Balaban J connectivity index is 2.54. The Hall–Kier alpha value is -1.85. The molecule has 0 aromatic heterocycles. The Kier molecular flexibility index (Phi) is 3.43. The van der Waals surface area contributed by atoms with Crippen molar-refractivity contribution in [3.63, 3.8) is 0 Å². The van der Waals surface area contributed by atoms with Gasteiger partial charge in [-0.2, -0.15) is 0 Å². The minimum atomic E-state index is -1.86. The summed E-state index contributed by atoms with van der Waals surface area (Å²) in [6.45, 7) is 0. The first-order valence-corrected chi connectivity index (χ1v) is 4.43. The van der Waals surface area contributed by atoms with E-state index in [0.29, 0.717) is 12.8 Å². The van der Waals surface area contributed by atoms with Crippen molar-refractivity contribution in [1.82, 2.24) is 5.32 Å². The Labute approximate surface area is 85.6 Å². The molecule has 0 atom stereocenters. The summed E-state index contributed by atoms with van der Waals surface area (Å²) in [6.07, 6.45) is 4.66. The number of carboxylic acid groups (broad SMARTS) is 2. The standard InChI is InChI=1S/C9H11NO5/c11-7(5-3-1-2-4-5)10-6(8(12)13)9(14)15/h1-2,5-6H,3-4H2,(H,10,11)(H,12,13)(H,14,15). The molecule has 0 spiro atoms. The van der Waals surface area contributed by atoms with Gasteiger partial charge in [-0.3, -0.25) is 4.79 Å². The number of allylic oxidation sites excluding steroid dienone is 2. The molecule has 0 fully saturated rings. The molecular formula is C9H11NO5. The average Bonchev–Trinajstić information content (AvgIpc) is 2.65. The van der Waals surface area contributed by atoms with Crippen LogP contribution in [-0.2, 0) is 14.4 Å². The predicted octanol–water partition coefficient (Wildman–Crippen LogP) is -0.393. The Morgan fingerprint density at radius 3 is 2.00 bits per heavy atom. The minimum absolute atomic E-state index is 0.341. The highest BCUT2D eigenvalue weighted by Gasteiger charge is 2.30. The van der Waals surface area contributed by atoms with Crippen LogP contribution in [0.3, 0.4) is 0 Å². The highest BCUT2D eigenvalue weighted by molar-refractivity contribution is 6.01. The summed E-state index contributed by atoms with van der Waals surface area (Å²) in [6, 6.07) is -1.86. The molecule has 0 heterocycles. The Morgan fingerprint density at radius 1 is 1.13 bits per heavy atom. The molecule has 0 radical (unpaired) electrons. The van der Waals surface area contributed by atoms with Gasteiger partial charge in [-0.15, -0.1) is 0 Å². The van der Waals surface area contributed by atoms with Crippen LogP contribution in [0.2, 0.25) is 0 Å². The fourth-order valence-corrected chi connectivity index (χ4v) is 1.32. The first-order valence-electron chi connectivity index (χ1n) is 4.43. The molecule has 15 heavy (non-hydrogen) atoms. The van der Waals surface area contributed by atoms with Crippen LogP contribution >= 0.6 is 0 Å². The summed E-state index contributed by atoms with van der Waals surface area (Å²) in [4.78, 5) is 32.3. The second-order valence-electron chi connectivity index (χ2n) is 3.26. The van der Waals surface area contributed by atoms with Gasteiger partial charge in [0.15, 0.2) is 0 Å². The van der Waals surface area contributed by atoms with E-state index in [4.69, 9.17) is 10.2 Å². The fourth-order valence-electron chi connectivity index (χ4n) is 1.32. The monoisotopic (exact) mass is 213 g/mol. The largest absolute Gasteiger partial charge is 0.479 e. The number of aliphatic carboxylic acids is 2. The molecule has 3 N–H and O–H groups in total. The summed E-state index contributed by atoms with van der Waals surface area (Å²) in [5.41, 5.74) is 0. The lowest BCUT2D eigenvalue weighted by Gasteiger charge is -2.13. The zero-order valence-corrected chi connectivity index (χ0v) is 7.84. The van der Waals surface area contributed by atoms with Crippen LogP contribution < -0.4 is 5.32 Å². The molecule has 0 saturated heterocycles. The number of rotatable bonds is 4. The summed E-state index contributed by atoms with van der Waals surface area (Å²) in [5, 5.41) is 19.0. The molecule has 1 rings (SSSR count). The van der Waals surface area contributed by atoms with Crippen molar-refractivity contribution in [2.24, 2.45) is 5.92 Å². The summed E-state index contributed by atoms with van der Waals surface area (Å²) in [7, 11) is 0. The van der Waals surface area contributed by atoms with Crippen LogP contribution in [0.25, 0.3) is 0 Å². The van der Waals surface area contributed by atoms with Crippen LogP contribution in [0, 0.1) is 5.92 Å². The molecule has 0 aromatic rings. The molecule has 0 aromatic carbocycles. The molecule has 82 valence electrons. The molecule has 1 aliphatic carbocycles. The number of nitrogens with one attached hydrogen (secondary N) is 1. The van der Waals surface area contributed by atoms with Gasteiger partial charge >= 0.3 is 11.9 Å². The third-order valence-electron chi connectivity index (χ3n) is 2.16. The van der Waals surface area contributed by atoms with Gasteiger partial charge in [0.25, 0.3) is 0 Å². The third-order valence-corrected chi connectivity index (χ3v) is 2.16. The minimum Gasteiger partial charge on any atom is -0.479 e. The molecule has 6 heteroatoms. The lowest BCUT2D eigenvalue weighted by molar-refractivity contribution is -0.153. The first-order chi connectivity index (χ1) is 7.02. The lowest BCUT2D eigenvalue weighted by Crippen LogP contribution is -2.48. The van der Waals surface area contributed by atoms with Crippen molar-refractivity contribution in [2.75, 3.05) is 0 Å². The van der Waals surface area contributed by atoms with Crippen LogP contribution in [-0.4, -0.2) is 34.1 Å². The first kappa shape index (κ1) is 11.2. The van der Waals surface area contributed by atoms with E-state index in [1.807, 2.05) is 5.32 Å². The van der Waals surface area contributed by atoms with Gasteiger partial charge in [0.1, 0.15) is 0 Å². The second-order valence-corrected chi connectivity index (χ2v) is 3.26. The Morgan fingerprint density at radius 2 is 1.60 bits per heavy atom. The van der Waals surface area contributed by atoms with E-state index in [-0.39, 0.29) is 5.92 Å². The number of hydrogen-bond acceptors (Lipinski definition) is 3. The van der Waals surface area contributed by atoms with Crippen LogP contribution in [0.4, 0.5) is 0 Å². The van der Waals surface area contributed by atoms with E-state index in [9.17, 15) is 14.4 Å². The van der Waals surface area contributed by atoms with Crippen molar-refractivity contribution >= 4 is 17.8 Å². The van der Waals surface area contributed by atoms with Crippen molar-refractivity contribution in [2.45, 2.75) is 18.9 Å². The summed E-state index contributed by atoms with van der Waals surface area (Å²) in [5.74, 6) is -4.01. The van der Waals surface area contributed by atoms with Gasteiger partial charge in [-0.25, -0.2) is 9.59 Å². The van der Waals surface area contributed by atoms with Crippen molar-refractivity contribution in [3.8, 4) is 0 Å². The van der Waals surface area contributed by atoms with Gasteiger partial charge in [-0.1, -0.05) is 12.2 Å². The molecule has 0 aliphatic heterocycles. The highest BCUT2D eigenvalue weighted by atomic mass is 16.4. The van der Waals surface area contributed by atoms with E-state index in [1.165, 1.54) is 0 Å². The number of hydrogen-bond donors (Lipinski definition) is 3. The second kappa shape index (κ2) is 4.59. The lowest BCUT2D eigenvalue weighted by atomic mass is 10.1. The molecule has 1 amide bonds. The van der Waals surface area contributed by atoms with Gasteiger partial charge in [0, 0.05) is 5.92 Å². The van der Waals surface area contributed by atoms with E-state index in [1.54, 1.807) is 12.2 Å². The highest BCUT2D eigenvalue weighted by Crippen LogP contribution is 2.17. The molecule has 0 unspecified atom stereocenters. The number of amides is 1. The molecule has 0 saturated carbocycles. The van der Waals surface area contributed by atoms with Crippen molar-refractivity contribution in [3.05, 3.63) is 12.2 Å². The maximum atomic E-state index is 11.4. The zero-order chi connectivity index (χ0) is 11.4. The van der Waals surface area contributed by atoms with Crippen LogP contribution in [0.5, 0.6) is 0 Å². The maximum absolute atomic E-state index is 11.4. The summed E-state index contributed by atoms with van der Waals surface area (Å²) < 4.78 is 0. The quantitative estimate of drug-likeness (QED) is 0.435. The van der Waals surface area contributed by atoms with E-state index in [2.05, 4.69) is 0 Å². The van der Waals surface area contributed by atoms with Gasteiger partial charge < -0.3 is 15.5 Å². The van der Waals surface area contributed by atoms with Crippen molar-refractivity contribution < 1.29 is 24.6 Å². The van der Waals surface area contributed by atoms with E-state index in [0.717, 1.165) is 0 Å². The fraction of sp³-hybridized carbons (Fsp3) is 0.444. The number of carbonyl (C=O) groups is 3. The smallest absolute Gasteiger partial charge is 0.338 e. The van der Waals surface area contributed by atoms with Gasteiger partial charge in [-0.05, 0) is 12.8 Å². The molecule has 6 nitrogen and oxygen atoms in total. The van der Waals surface area contributed by atoms with E-state index >= 15 is 0 Å². The number of carbonyl (C=O) groups excluding carboxylic acids is 1. The molecular weight excluding hydrogens is 202 g/mol. The maximum Gasteiger partial charge on any atom is 0.338 e. The van der Waals surface area contributed by atoms with Gasteiger partial charge in [0.2, 0.25) is 11.9 Å². The van der Waals surface area contributed by atoms with Crippen LogP contribution in [0.1, 0.15) is 12.8 Å². The zero-order valence-electron chi connectivity index (χ0n) is 7.84. The molecule has 0 bridgehead atoms. The van der Waals surface area contributed by atoms with Gasteiger partial charge in [0.05, 0.1) is 0 Å². The topological polar surface area (TPSA) is 104 Å². The third kappa shape index (κ3) is 2.80. The number of carboxylic acids is 2. The SMILES string of the molecule is O=C(NC(C(=O)O)C(=O)O)C1CC=CC1. The van der Waals surface area contributed by atoms with Crippen LogP contribution in [0.15, 0.2) is 12.2 Å². The average molecular weight is 213 g/mol. The predicted molar refractivity (Wildman–Crippen MR) is 49.1 cm³/mol. The Bertz CT molecular complexity index is 300.